The van der Waals surface area contributed by atoms with E-state index in [0.29, 0.717) is 5.56 Å². The van der Waals surface area contributed by atoms with Gasteiger partial charge < -0.3 is 9.51 Å². The quantitative estimate of drug-likeness (QED) is 0.578. The van der Waals surface area contributed by atoms with Crippen molar-refractivity contribution in [3.05, 3.63) is 84.4 Å². The molecule has 0 amide bonds. The van der Waals surface area contributed by atoms with Gasteiger partial charge in [0.15, 0.2) is 0 Å². The number of aromatic nitrogens is 2. The predicted octanol–water partition coefficient (Wildman–Crippen LogP) is 4.72. The fraction of sp³-hybridized carbons (Fsp3) is 0.0500. The van der Waals surface area contributed by atoms with Crippen LogP contribution in [0.5, 0.6) is 0 Å². The third kappa shape index (κ3) is 3.27. The standard InChI is InChI=1S/C20H15FN2O.ClH/c21-18-10-15(6-7-17(18)13-24)16-8-9-20-22-19(12-23(20)11-16)14-4-2-1-3-5-14;/h1-12,24H,13H2;1H. The molecule has 2 aromatic heterocycles. The first-order chi connectivity index (χ1) is 11.7. The molecule has 0 aliphatic heterocycles. The molecule has 0 spiro atoms. The van der Waals surface area contributed by atoms with Gasteiger partial charge in [0.05, 0.1) is 12.3 Å². The highest BCUT2D eigenvalue weighted by Gasteiger charge is 2.08. The van der Waals surface area contributed by atoms with Crippen molar-refractivity contribution in [1.29, 1.82) is 0 Å². The highest BCUT2D eigenvalue weighted by atomic mass is 35.5. The lowest BCUT2D eigenvalue weighted by atomic mass is 10.1. The van der Waals surface area contributed by atoms with Crippen LogP contribution in [0.2, 0.25) is 0 Å². The van der Waals surface area contributed by atoms with E-state index >= 15 is 0 Å². The number of hydrogen-bond donors (Lipinski definition) is 1. The maximum atomic E-state index is 13.9. The number of halogens is 2. The molecule has 1 N–H and O–H groups in total. The Morgan fingerprint density at radius 1 is 0.880 bits per heavy atom. The Morgan fingerprint density at radius 3 is 2.36 bits per heavy atom. The zero-order chi connectivity index (χ0) is 16.5. The second-order valence-corrected chi connectivity index (χ2v) is 5.64. The monoisotopic (exact) mass is 354 g/mol. The molecule has 0 saturated heterocycles. The first kappa shape index (κ1) is 17.1. The van der Waals surface area contributed by atoms with Crippen LogP contribution in [0.3, 0.4) is 0 Å². The molecule has 0 fully saturated rings. The Bertz CT molecular complexity index is 1010. The van der Waals surface area contributed by atoms with Gasteiger partial charge in [-0.15, -0.1) is 12.4 Å². The van der Waals surface area contributed by atoms with Crippen molar-refractivity contribution < 1.29 is 9.50 Å². The molecule has 0 bridgehead atoms. The van der Waals surface area contributed by atoms with Crippen LogP contribution >= 0.6 is 12.4 Å². The number of hydrogen-bond acceptors (Lipinski definition) is 2. The van der Waals surface area contributed by atoms with Crippen LogP contribution in [0.4, 0.5) is 4.39 Å². The molecule has 5 heteroatoms. The van der Waals surface area contributed by atoms with Gasteiger partial charge in [-0.2, -0.15) is 0 Å². The fourth-order valence-corrected chi connectivity index (χ4v) is 2.77. The fourth-order valence-electron chi connectivity index (χ4n) is 2.77. The number of fused-ring (bicyclic) bond motifs is 1. The largest absolute Gasteiger partial charge is 0.392 e. The summed E-state index contributed by atoms with van der Waals surface area (Å²) in [5.41, 5.74) is 4.75. The Labute approximate surface area is 150 Å². The normalized spacial score (nSPS) is 10.6. The second kappa shape index (κ2) is 7.05. The smallest absolute Gasteiger partial charge is 0.137 e. The number of nitrogens with zero attached hydrogens (tertiary/aromatic N) is 2. The Hall–Kier alpha value is -2.69. The summed E-state index contributed by atoms with van der Waals surface area (Å²) in [6, 6.07) is 18.7. The highest BCUT2D eigenvalue weighted by Crippen LogP contribution is 2.25. The lowest BCUT2D eigenvalue weighted by Gasteiger charge is -2.05. The molecule has 4 aromatic rings. The van der Waals surface area contributed by atoms with Crippen molar-refractivity contribution in [3.63, 3.8) is 0 Å². The number of imidazole rings is 1. The van der Waals surface area contributed by atoms with Gasteiger partial charge in [-0.1, -0.05) is 42.5 Å². The topological polar surface area (TPSA) is 37.5 Å². The van der Waals surface area contributed by atoms with E-state index in [-0.39, 0.29) is 19.0 Å². The first-order valence-corrected chi connectivity index (χ1v) is 7.68. The summed E-state index contributed by atoms with van der Waals surface area (Å²) in [6.07, 6.45) is 3.90. The average Bonchev–Trinajstić information content (AvgIpc) is 3.05. The van der Waals surface area contributed by atoms with E-state index in [1.54, 1.807) is 6.07 Å². The third-order valence-corrected chi connectivity index (χ3v) is 4.08. The van der Waals surface area contributed by atoms with E-state index in [1.807, 2.05) is 65.3 Å². The van der Waals surface area contributed by atoms with Crippen molar-refractivity contribution in [2.24, 2.45) is 0 Å². The molecule has 0 saturated carbocycles. The van der Waals surface area contributed by atoms with Crippen molar-refractivity contribution in [2.45, 2.75) is 6.61 Å². The summed E-state index contributed by atoms with van der Waals surface area (Å²) >= 11 is 0. The third-order valence-electron chi connectivity index (χ3n) is 4.08. The lowest BCUT2D eigenvalue weighted by molar-refractivity contribution is 0.276. The van der Waals surface area contributed by atoms with E-state index in [4.69, 9.17) is 5.11 Å². The molecular weight excluding hydrogens is 339 g/mol. The van der Waals surface area contributed by atoms with Gasteiger partial charge in [-0.05, 0) is 29.3 Å². The molecule has 25 heavy (non-hydrogen) atoms. The van der Waals surface area contributed by atoms with Gasteiger partial charge in [-0.25, -0.2) is 9.37 Å². The Balaban J connectivity index is 0.00000182. The van der Waals surface area contributed by atoms with Gasteiger partial charge in [0, 0.05) is 23.5 Å². The minimum atomic E-state index is -0.397. The zero-order valence-corrected chi connectivity index (χ0v) is 14.1. The van der Waals surface area contributed by atoms with Crippen molar-refractivity contribution in [2.75, 3.05) is 0 Å². The number of pyridine rings is 1. The van der Waals surface area contributed by atoms with E-state index in [1.165, 1.54) is 6.07 Å². The molecule has 2 aromatic carbocycles. The molecule has 0 aliphatic rings. The molecule has 0 unspecified atom stereocenters. The summed E-state index contributed by atoms with van der Waals surface area (Å²) in [4.78, 5) is 4.62. The maximum Gasteiger partial charge on any atom is 0.137 e. The van der Waals surface area contributed by atoms with E-state index in [0.717, 1.165) is 28.0 Å². The summed E-state index contributed by atoms with van der Waals surface area (Å²) in [5.74, 6) is -0.397. The molecule has 0 atom stereocenters. The summed E-state index contributed by atoms with van der Waals surface area (Å²) in [7, 11) is 0. The predicted molar refractivity (Wildman–Crippen MR) is 99.2 cm³/mol. The van der Waals surface area contributed by atoms with Gasteiger partial charge in [0.2, 0.25) is 0 Å². The van der Waals surface area contributed by atoms with E-state index < -0.39 is 5.82 Å². The van der Waals surface area contributed by atoms with Gasteiger partial charge >= 0.3 is 0 Å². The first-order valence-electron chi connectivity index (χ1n) is 7.68. The van der Waals surface area contributed by atoms with E-state index in [2.05, 4.69) is 4.98 Å². The van der Waals surface area contributed by atoms with Gasteiger partial charge in [-0.3, -0.25) is 0 Å². The molecule has 0 radical (unpaired) electrons. The van der Waals surface area contributed by atoms with Gasteiger partial charge in [0.1, 0.15) is 11.5 Å². The number of rotatable bonds is 3. The Kier molecular flexibility index (Phi) is 4.83. The van der Waals surface area contributed by atoms with Crippen LogP contribution < -0.4 is 0 Å². The number of aliphatic hydroxyl groups is 1. The maximum absolute atomic E-state index is 13.9. The van der Waals surface area contributed by atoms with Crippen LogP contribution in [0, 0.1) is 5.82 Å². The summed E-state index contributed by atoms with van der Waals surface area (Å²) in [5, 5.41) is 9.08. The van der Waals surface area contributed by atoms with Crippen LogP contribution in [0.1, 0.15) is 5.56 Å². The molecule has 3 nitrogen and oxygen atoms in total. The lowest BCUT2D eigenvalue weighted by Crippen LogP contribution is -1.91. The van der Waals surface area contributed by atoms with Crippen molar-refractivity contribution in [3.8, 4) is 22.4 Å². The van der Waals surface area contributed by atoms with Crippen LogP contribution in [-0.2, 0) is 6.61 Å². The van der Waals surface area contributed by atoms with Gasteiger partial charge in [0.25, 0.3) is 0 Å². The molecule has 2 heterocycles. The van der Waals surface area contributed by atoms with Crippen LogP contribution in [0.25, 0.3) is 28.0 Å². The van der Waals surface area contributed by atoms with Crippen molar-refractivity contribution >= 4 is 18.1 Å². The van der Waals surface area contributed by atoms with E-state index in [9.17, 15) is 4.39 Å². The SMILES string of the molecule is Cl.OCc1ccc(-c2ccc3nc(-c4ccccc4)cn3c2)cc1F. The average molecular weight is 355 g/mol. The summed E-state index contributed by atoms with van der Waals surface area (Å²) < 4.78 is 15.8. The molecular formula is C20H16ClFN2O. The van der Waals surface area contributed by atoms with Crippen molar-refractivity contribution in [1.82, 2.24) is 9.38 Å². The zero-order valence-electron chi connectivity index (χ0n) is 13.3. The molecule has 0 aliphatic carbocycles. The minimum Gasteiger partial charge on any atom is -0.392 e. The van der Waals surface area contributed by atoms with Crippen LogP contribution in [-0.4, -0.2) is 14.5 Å². The molecule has 4 rings (SSSR count). The number of aliphatic hydroxyl groups excluding tert-OH is 1. The van der Waals surface area contributed by atoms with Crippen LogP contribution in [0.15, 0.2) is 73.1 Å². The minimum absolute atomic E-state index is 0. The number of benzene rings is 2. The molecule has 126 valence electrons. The Morgan fingerprint density at radius 2 is 1.64 bits per heavy atom. The second-order valence-electron chi connectivity index (χ2n) is 5.64. The highest BCUT2D eigenvalue weighted by molar-refractivity contribution is 5.85. The summed E-state index contributed by atoms with van der Waals surface area (Å²) in [6.45, 7) is -0.299.